The lowest BCUT2D eigenvalue weighted by Gasteiger charge is -2.14. The average molecular weight is 334 g/mol. The Balaban J connectivity index is 1.69. The third kappa shape index (κ3) is 3.29. The van der Waals surface area contributed by atoms with Gasteiger partial charge in [0, 0.05) is 13.1 Å². The van der Waals surface area contributed by atoms with Gasteiger partial charge in [0.25, 0.3) is 5.91 Å². The zero-order valence-electron chi connectivity index (χ0n) is 12.1. The molecule has 0 bridgehead atoms. The van der Waals surface area contributed by atoms with Gasteiger partial charge < -0.3 is 4.74 Å². The van der Waals surface area contributed by atoms with E-state index in [1.54, 1.807) is 7.05 Å². The molecule has 3 rings (SSSR count). The number of rotatable bonds is 4. The first-order chi connectivity index (χ1) is 11.0. The smallest absolute Gasteiger partial charge is 0.266 e. The zero-order chi connectivity index (χ0) is 16.4. The molecule has 0 saturated carbocycles. The van der Waals surface area contributed by atoms with E-state index in [1.807, 2.05) is 24.3 Å². The fourth-order valence-electron chi connectivity index (χ4n) is 1.94. The molecule has 0 aliphatic rings. The Morgan fingerprint density at radius 1 is 1.26 bits per heavy atom. The van der Waals surface area contributed by atoms with Crippen molar-refractivity contribution in [3.05, 3.63) is 54.1 Å². The standard InChI is InChI=1S/C16H12F2N2O2S/c1-20(16-19-12-4-2-3-5-14(12)23-16)15(21)9-22-13-7-6-10(17)8-11(13)18/h2-8H,9H2,1H3. The van der Waals surface area contributed by atoms with E-state index in [4.69, 9.17) is 4.74 Å². The number of para-hydroxylation sites is 1. The van der Waals surface area contributed by atoms with Crippen molar-refractivity contribution < 1.29 is 18.3 Å². The fraction of sp³-hybridized carbons (Fsp3) is 0.125. The molecule has 1 amide bonds. The summed E-state index contributed by atoms with van der Waals surface area (Å²) in [6.07, 6.45) is 0. The summed E-state index contributed by atoms with van der Waals surface area (Å²) in [6.45, 7) is -0.366. The lowest BCUT2D eigenvalue weighted by Crippen LogP contribution is -2.31. The van der Waals surface area contributed by atoms with Crippen LogP contribution in [0.5, 0.6) is 5.75 Å². The van der Waals surface area contributed by atoms with Crippen molar-refractivity contribution in [1.29, 1.82) is 0 Å². The maximum atomic E-state index is 13.5. The number of aromatic nitrogens is 1. The summed E-state index contributed by atoms with van der Waals surface area (Å²) >= 11 is 1.38. The molecular formula is C16H12F2N2O2S. The van der Waals surface area contributed by atoms with Gasteiger partial charge in [-0.05, 0) is 24.3 Å². The van der Waals surface area contributed by atoms with E-state index in [0.717, 1.165) is 22.3 Å². The van der Waals surface area contributed by atoms with Crippen molar-refractivity contribution in [2.75, 3.05) is 18.6 Å². The molecule has 0 aliphatic carbocycles. The monoisotopic (exact) mass is 334 g/mol. The van der Waals surface area contributed by atoms with Crippen LogP contribution in [0.3, 0.4) is 0 Å². The number of ether oxygens (including phenoxy) is 1. The number of hydrogen-bond donors (Lipinski definition) is 0. The number of carbonyl (C=O) groups excluding carboxylic acids is 1. The van der Waals surface area contributed by atoms with Gasteiger partial charge in [-0.15, -0.1) is 0 Å². The quantitative estimate of drug-likeness (QED) is 0.732. The van der Waals surface area contributed by atoms with Crippen LogP contribution in [0.25, 0.3) is 10.2 Å². The van der Waals surface area contributed by atoms with Crippen LogP contribution in [-0.2, 0) is 4.79 Å². The van der Waals surface area contributed by atoms with Gasteiger partial charge in [0.15, 0.2) is 23.3 Å². The molecule has 0 aliphatic heterocycles. The molecule has 0 unspecified atom stereocenters. The second kappa shape index (κ2) is 6.29. The van der Waals surface area contributed by atoms with Gasteiger partial charge in [0.2, 0.25) is 0 Å². The Kier molecular flexibility index (Phi) is 4.20. The third-order valence-corrected chi connectivity index (χ3v) is 4.30. The van der Waals surface area contributed by atoms with E-state index < -0.39 is 11.6 Å². The van der Waals surface area contributed by atoms with Crippen LogP contribution in [0.2, 0.25) is 0 Å². The summed E-state index contributed by atoms with van der Waals surface area (Å²) in [7, 11) is 1.57. The Morgan fingerprint density at radius 2 is 2.04 bits per heavy atom. The Labute approximate surface area is 134 Å². The van der Waals surface area contributed by atoms with Crippen molar-refractivity contribution >= 4 is 32.6 Å². The molecule has 0 radical (unpaired) electrons. The van der Waals surface area contributed by atoms with Gasteiger partial charge in [-0.2, -0.15) is 0 Å². The molecule has 0 spiro atoms. The summed E-state index contributed by atoms with van der Waals surface area (Å²) < 4.78 is 32.4. The Bertz CT molecular complexity index is 833. The number of amides is 1. The van der Waals surface area contributed by atoms with E-state index in [1.165, 1.54) is 16.2 Å². The highest BCUT2D eigenvalue weighted by molar-refractivity contribution is 7.22. The fourth-order valence-corrected chi connectivity index (χ4v) is 2.88. The zero-order valence-corrected chi connectivity index (χ0v) is 12.9. The van der Waals surface area contributed by atoms with Crippen molar-refractivity contribution in [1.82, 2.24) is 4.98 Å². The molecular weight excluding hydrogens is 322 g/mol. The minimum Gasteiger partial charge on any atom is -0.481 e. The number of fused-ring (bicyclic) bond motifs is 1. The SMILES string of the molecule is CN(C(=O)COc1ccc(F)cc1F)c1nc2ccccc2s1. The predicted octanol–water partition coefficient (Wildman–Crippen LogP) is 3.62. The summed E-state index contributed by atoms with van der Waals surface area (Å²) in [5.74, 6) is -2.10. The van der Waals surface area contributed by atoms with Crippen LogP contribution in [0, 0.1) is 11.6 Å². The number of thiazole rings is 1. The van der Waals surface area contributed by atoms with Crippen molar-refractivity contribution in [2.24, 2.45) is 0 Å². The molecule has 1 heterocycles. The number of benzene rings is 2. The molecule has 0 atom stereocenters. The van der Waals surface area contributed by atoms with Gasteiger partial charge in [-0.25, -0.2) is 13.8 Å². The second-order valence-corrected chi connectivity index (χ2v) is 5.79. The maximum absolute atomic E-state index is 13.5. The molecule has 1 aromatic heterocycles. The van der Waals surface area contributed by atoms with Crippen molar-refractivity contribution in [3.63, 3.8) is 0 Å². The van der Waals surface area contributed by atoms with Crippen molar-refractivity contribution in [3.8, 4) is 5.75 Å². The lowest BCUT2D eigenvalue weighted by molar-refractivity contribution is -0.120. The number of halogens is 2. The number of nitrogens with zero attached hydrogens (tertiary/aromatic N) is 2. The second-order valence-electron chi connectivity index (χ2n) is 4.78. The number of carbonyl (C=O) groups is 1. The summed E-state index contributed by atoms with van der Waals surface area (Å²) in [5.41, 5.74) is 0.803. The van der Waals surface area contributed by atoms with Crippen LogP contribution in [0.4, 0.5) is 13.9 Å². The average Bonchev–Trinajstić information content (AvgIpc) is 2.97. The largest absolute Gasteiger partial charge is 0.481 e. The maximum Gasteiger partial charge on any atom is 0.266 e. The minimum atomic E-state index is -0.847. The summed E-state index contributed by atoms with van der Waals surface area (Å²) in [4.78, 5) is 17.9. The van der Waals surface area contributed by atoms with Gasteiger partial charge in [-0.1, -0.05) is 23.5 Å². The molecule has 0 fully saturated rings. The molecule has 118 valence electrons. The topological polar surface area (TPSA) is 42.4 Å². The first-order valence-corrected chi connectivity index (χ1v) is 7.56. The number of anilines is 1. The van der Waals surface area contributed by atoms with Crippen LogP contribution in [0.15, 0.2) is 42.5 Å². The molecule has 23 heavy (non-hydrogen) atoms. The molecule has 0 N–H and O–H groups in total. The third-order valence-electron chi connectivity index (χ3n) is 3.19. The Hall–Kier alpha value is -2.54. The molecule has 4 nitrogen and oxygen atoms in total. The van der Waals surface area contributed by atoms with Crippen molar-refractivity contribution in [2.45, 2.75) is 0 Å². The van der Waals surface area contributed by atoms with Crippen LogP contribution >= 0.6 is 11.3 Å². The van der Waals surface area contributed by atoms with Crippen LogP contribution in [-0.4, -0.2) is 24.5 Å². The van der Waals surface area contributed by atoms with Gasteiger partial charge >= 0.3 is 0 Å². The first-order valence-electron chi connectivity index (χ1n) is 6.74. The van der Waals surface area contributed by atoms with E-state index in [0.29, 0.717) is 11.2 Å². The lowest BCUT2D eigenvalue weighted by atomic mass is 10.3. The number of hydrogen-bond acceptors (Lipinski definition) is 4. The summed E-state index contributed by atoms with van der Waals surface area (Å²) in [6, 6.07) is 10.5. The Morgan fingerprint density at radius 3 is 2.78 bits per heavy atom. The van der Waals surface area contributed by atoms with Crippen LogP contribution < -0.4 is 9.64 Å². The van der Waals surface area contributed by atoms with Gasteiger partial charge in [-0.3, -0.25) is 9.69 Å². The minimum absolute atomic E-state index is 0.169. The van der Waals surface area contributed by atoms with E-state index >= 15 is 0 Å². The van der Waals surface area contributed by atoms with E-state index in [9.17, 15) is 13.6 Å². The highest BCUT2D eigenvalue weighted by Crippen LogP contribution is 2.28. The predicted molar refractivity (Wildman–Crippen MR) is 84.9 cm³/mol. The molecule has 0 saturated heterocycles. The molecule has 3 aromatic rings. The highest BCUT2D eigenvalue weighted by atomic mass is 32.1. The molecule has 2 aromatic carbocycles. The summed E-state index contributed by atoms with van der Waals surface area (Å²) in [5, 5.41) is 0.527. The van der Waals surface area contributed by atoms with E-state index in [-0.39, 0.29) is 18.3 Å². The van der Waals surface area contributed by atoms with Gasteiger partial charge in [0.1, 0.15) is 5.82 Å². The first kappa shape index (κ1) is 15.4. The number of likely N-dealkylation sites (N-methyl/N-ethyl adjacent to an activating group) is 1. The van der Waals surface area contributed by atoms with Crippen LogP contribution in [0.1, 0.15) is 0 Å². The van der Waals surface area contributed by atoms with Gasteiger partial charge in [0.05, 0.1) is 10.2 Å². The van der Waals surface area contributed by atoms with E-state index in [2.05, 4.69) is 4.98 Å². The molecule has 7 heteroatoms. The normalized spacial score (nSPS) is 10.7. The highest BCUT2D eigenvalue weighted by Gasteiger charge is 2.16.